The molecule has 0 amide bonds. The van der Waals surface area contributed by atoms with Crippen LogP contribution in [0.15, 0.2) is 36.6 Å². The number of ether oxygens (including phenoxy) is 1. The molecule has 0 saturated carbocycles. The number of hydrogen-bond acceptors (Lipinski definition) is 4. The molecule has 0 aromatic heterocycles. The van der Waals surface area contributed by atoms with Gasteiger partial charge in [0.25, 0.3) is 5.69 Å². The van der Waals surface area contributed by atoms with Gasteiger partial charge in [-0.1, -0.05) is 0 Å². The lowest BCUT2D eigenvalue weighted by molar-refractivity contribution is -0.384. The van der Waals surface area contributed by atoms with Crippen LogP contribution in [0, 0.1) is 10.1 Å². The Morgan fingerprint density at radius 1 is 1.43 bits per heavy atom. The highest BCUT2D eigenvalue weighted by atomic mass is 16.6. The van der Waals surface area contributed by atoms with Gasteiger partial charge in [0.15, 0.2) is 0 Å². The summed E-state index contributed by atoms with van der Waals surface area (Å²) < 4.78 is 5.10. The lowest BCUT2D eigenvalue weighted by atomic mass is 10.3. The first-order valence-electron chi connectivity index (χ1n) is 4.00. The SMILES string of the molecule is NCC=COc1ccc([N+](=O)[O-])cc1. The molecule has 0 spiro atoms. The zero-order chi connectivity index (χ0) is 10.4. The predicted octanol–water partition coefficient (Wildman–Crippen LogP) is 1.45. The Kier molecular flexibility index (Phi) is 3.63. The van der Waals surface area contributed by atoms with Gasteiger partial charge in [-0.05, 0) is 18.2 Å². The van der Waals surface area contributed by atoms with Crippen LogP contribution in [0.1, 0.15) is 0 Å². The fourth-order valence-electron chi connectivity index (χ4n) is 0.829. The molecule has 0 fully saturated rings. The van der Waals surface area contributed by atoms with Crippen molar-refractivity contribution in [2.75, 3.05) is 6.54 Å². The first kappa shape index (κ1) is 10.2. The fourth-order valence-corrected chi connectivity index (χ4v) is 0.829. The van der Waals surface area contributed by atoms with Crippen LogP contribution in [-0.2, 0) is 0 Å². The second kappa shape index (κ2) is 4.98. The molecule has 0 bridgehead atoms. The third kappa shape index (κ3) is 2.87. The normalized spacial score (nSPS) is 10.4. The van der Waals surface area contributed by atoms with Gasteiger partial charge in [0.1, 0.15) is 5.75 Å². The molecule has 2 N–H and O–H groups in total. The number of nitrogens with two attached hydrogens (primary N) is 1. The van der Waals surface area contributed by atoms with Crippen LogP contribution < -0.4 is 10.5 Å². The molecule has 74 valence electrons. The molecule has 5 heteroatoms. The summed E-state index contributed by atoms with van der Waals surface area (Å²) in [7, 11) is 0. The topological polar surface area (TPSA) is 78.4 Å². The fraction of sp³-hybridized carbons (Fsp3) is 0.111. The molecule has 0 saturated heterocycles. The minimum Gasteiger partial charge on any atom is -0.465 e. The Hall–Kier alpha value is -1.88. The summed E-state index contributed by atoms with van der Waals surface area (Å²) in [5.74, 6) is 0.542. The summed E-state index contributed by atoms with van der Waals surface area (Å²) in [6.45, 7) is 0.396. The summed E-state index contributed by atoms with van der Waals surface area (Å²) in [6, 6.07) is 5.81. The molecule has 5 nitrogen and oxygen atoms in total. The molecule has 0 heterocycles. The van der Waals surface area contributed by atoms with Crippen molar-refractivity contribution < 1.29 is 9.66 Å². The largest absolute Gasteiger partial charge is 0.465 e. The number of hydrogen-bond donors (Lipinski definition) is 1. The second-order valence-electron chi connectivity index (χ2n) is 2.48. The van der Waals surface area contributed by atoms with E-state index in [4.69, 9.17) is 10.5 Å². The van der Waals surface area contributed by atoms with Crippen LogP contribution in [0.2, 0.25) is 0 Å². The average molecular weight is 194 g/mol. The van der Waals surface area contributed by atoms with Crippen LogP contribution in [0.25, 0.3) is 0 Å². The number of nitrogens with zero attached hydrogens (tertiary/aromatic N) is 1. The third-order valence-corrected chi connectivity index (χ3v) is 1.48. The molecule has 0 aliphatic carbocycles. The molecule has 1 aromatic rings. The molecule has 0 aliphatic heterocycles. The van der Waals surface area contributed by atoms with E-state index in [0.29, 0.717) is 12.3 Å². The minimum absolute atomic E-state index is 0.0418. The number of non-ortho nitro benzene ring substituents is 1. The maximum Gasteiger partial charge on any atom is 0.269 e. The summed E-state index contributed by atoms with van der Waals surface area (Å²) >= 11 is 0. The summed E-state index contributed by atoms with van der Waals surface area (Å²) in [5, 5.41) is 10.3. The zero-order valence-electron chi connectivity index (χ0n) is 7.42. The van der Waals surface area contributed by atoms with Crippen molar-refractivity contribution in [3.05, 3.63) is 46.7 Å². The van der Waals surface area contributed by atoms with E-state index in [1.54, 1.807) is 6.08 Å². The van der Waals surface area contributed by atoms with E-state index in [9.17, 15) is 10.1 Å². The number of rotatable bonds is 4. The van der Waals surface area contributed by atoms with Crippen LogP contribution >= 0.6 is 0 Å². The van der Waals surface area contributed by atoms with Crippen LogP contribution in [0.5, 0.6) is 5.75 Å². The zero-order valence-corrected chi connectivity index (χ0v) is 7.42. The van der Waals surface area contributed by atoms with Crippen molar-refractivity contribution in [3.63, 3.8) is 0 Å². The molecule has 14 heavy (non-hydrogen) atoms. The number of nitro benzene ring substituents is 1. The monoisotopic (exact) mass is 194 g/mol. The average Bonchev–Trinajstić information content (AvgIpc) is 2.19. The van der Waals surface area contributed by atoms with Crippen LogP contribution in [0.3, 0.4) is 0 Å². The maximum atomic E-state index is 10.3. The van der Waals surface area contributed by atoms with Gasteiger partial charge in [0, 0.05) is 18.7 Å². The van der Waals surface area contributed by atoms with Crippen LogP contribution in [0.4, 0.5) is 5.69 Å². The van der Waals surface area contributed by atoms with E-state index >= 15 is 0 Å². The first-order valence-corrected chi connectivity index (χ1v) is 4.00. The second-order valence-corrected chi connectivity index (χ2v) is 2.48. The van der Waals surface area contributed by atoms with E-state index in [0.717, 1.165) is 0 Å². The van der Waals surface area contributed by atoms with Crippen molar-refractivity contribution in [2.45, 2.75) is 0 Å². The quantitative estimate of drug-likeness (QED) is 0.447. The van der Waals surface area contributed by atoms with Gasteiger partial charge in [-0.3, -0.25) is 10.1 Å². The van der Waals surface area contributed by atoms with Crippen molar-refractivity contribution in [2.24, 2.45) is 5.73 Å². The van der Waals surface area contributed by atoms with E-state index in [1.807, 2.05) is 0 Å². The van der Waals surface area contributed by atoms with Gasteiger partial charge >= 0.3 is 0 Å². The predicted molar refractivity (Wildman–Crippen MR) is 51.9 cm³/mol. The van der Waals surface area contributed by atoms with Gasteiger partial charge in [0.2, 0.25) is 0 Å². The highest BCUT2D eigenvalue weighted by Crippen LogP contribution is 2.17. The smallest absolute Gasteiger partial charge is 0.269 e. The minimum atomic E-state index is -0.459. The highest BCUT2D eigenvalue weighted by Gasteiger charge is 2.03. The maximum absolute atomic E-state index is 10.3. The van der Waals surface area contributed by atoms with Gasteiger partial charge in [-0.25, -0.2) is 0 Å². The summed E-state index contributed by atoms with van der Waals surface area (Å²) in [6.07, 6.45) is 3.09. The lowest BCUT2D eigenvalue weighted by Gasteiger charge is -1.98. The van der Waals surface area contributed by atoms with Crippen molar-refractivity contribution in [1.82, 2.24) is 0 Å². The van der Waals surface area contributed by atoms with E-state index < -0.39 is 4.92 Å². The first-order chi connectivity index (χ1) is 6.74. The molecule has 1 rings (SSSR count). The van der Waals surface area contributed by atoms with Gasteiger partial charge in [-0.2, -0.15) is 0 Å². The van der Waals surface area contributed by atoms with E-state index in [1.165, 1.54) is 30.5 Å². The Labute approximate surface area is 80.9 Å². The molecule has 0 unspecified atom stereocenters. The van der Waals surface area contributed by atoms with Gasteiger partial charge < -0.3 is 10.5 Å². The van der Waals surface area contributed by atoms with Gasteiger partial charge in [0.05, 0.1) is 11.2 Å². The molecular weight excluding hydrogens is 184 g/mol. The molecule has 0 atom stereocenters. The standard InChI is InChI=1S/C9H10N2O3/c10-6-1-7-14-9-4-2-8(3-5-9)11(12)13/h1-5,7H,6,10H2. The van der Waals surface area contributed by atoms with Crippen molar-refractivity contribution in [1.29, 1.82) is 0 Å². The molecule has 1 aromatic carbocycles. The number of nitro groups is 1. The van der Waals surface area contributed by atoms with Crippen molar-refractivity contribution >= 4 is 5.69 Å². The Morgan fingerprint density at radius 3 is 2.57 bits per heavy atom. The lowest BCUT2D eigenvalue weighted by Crippen LogP contribution is -1.94. The number of benzene rings is 1. The van der Waals surface area contributed by atoms with Crippen LogP contribution in [-0.4, -0.2) is 11.5 Å². The van der Waals surface area contributed by atoms with E-state index in [2.05, 4.69) is 0 Å². The summed E-state index contributed by atoms with van der Waals surface area (Å²) in [4.78, 5) is 9.85. The van der Waals surface area contributed by atoms with Crippen molar-refractivity contribution in [3.8, 4) is 5.75 Å². The van der Waals surface area contributed by atoms with E-state index in [-0.39, 0.29) is 5.69 Å². The molecule has 0 aliphatic rings. The Bertz CT molecular complexity index is 332. The third-order valence-electron chi connectivity index (χ3n) is 1.48. The molecular formula is C9H10N2O3. The molecule has 0 radical (unpaired) electrons. The Morgan fingerprint density at radius 2 is 2.07 bits per heavy atom. The van der Waals surface area contributed by atoms with Gasteiger partial charge in [-0.15, -0.1) is 0 Å². The highest BCUT2D eigenvalue weighted by molar-refractivity contribution is 5.36. The summed E-state index contributed by atoms with van der Waals surface area (Å²) in [5.41, 5.74) is 5.24. The Balaban J connectivity index is 2.64.